The Hall–Kier alpha value is -2.13. The van der Waals surface area contributed by atoms with Crippen LogP contribution >= 0.6 is 15.9 Å². The van der Waals surface area contributed by atoms with Crippen molar-refractivity contribution < 1.29 is 9.53 Å². The van der Waals surface area contributed by atoms with Crippen LogP contribution < -0.4 is 0 Å². The molecule has 0 aliphatic carbocycles. The third-order valence-corrected chi connectivity index (χ3v) is 4.18. The summed E-state index contributed by atoms with van der Waals surface area (Å²) in [5.74, 6) is -0.322. The van der Waals surface area contributed by atoms with Gasteiger partial charge in [-0.3, -0.25) is 0 Å². The zero-order chi connectivity index (χ0) is 14.8. The predicted molar refractivity (Wildman–Crippen MR) is 88.4 cm³/mol. The van der Waals surface area contributed by atoms with E-state index in [0.717, 1.165) is 26.4 Å². The molecule has 3 rings (SSSR count). The van der Waals surface area contributed by atoms with E-state index in [1.54, 1.807) is 6.07 Å². The van der Waals surface area contributed by atoms with Crippen LogP contribution in [0.2, 0.25) is 0 Å². The summed E-state index contributed by atoms with van der Waals surface area (Å²) < 4.78 is 5.93. The van der Waals surface area contributed by atoms with Gasteiger partial charge in [0.1, 0.15) is 0 Å². The van der Waals surface area contributed by atoms with Gasteiger partial charge in [0.25, 0.3) is 0 Å². The van der Waals surface area contributed by atoms with Crippen molar-refractivity contribution in [2.24, 2.45) is 0 Å². The molecule has 104 valence electrons. The smallest absolute Gasteiger partial charge is 0.338 e. The summed E-state index contributed by atoms with van der Waals surface area (Å²) in [6.45, 7) is 0. The van der Waals surface area contributed by atoms with Gasteiger partial charge in [0.15, 0.2) is 0 Å². The highest BCUT2D eigenvalue weighted by atomic mass is 79.9. The fraction of sp³-hybridized carbons (Fsp3) is 0.0556. The Morgan fingerprint density at radius 1 is 0.857 bits per heavy atom. The van der Waals surface area contributed by atoms with E-state index in [9.17, 15) is 4.79 Å². The van der Waals surface area contributed by atoms with E-state index in [4.69, 9.17) is 4.74 Å². The van der Waals surface area contributed by atoms with Gasteiger partial charge in [-0.05, 0) is 34.0 Å². The molecule has 0 N–H and O–H groups in total. The van der Waals surface area contributed by atoms with Crippen LogP contribution in [0, 0.1) is 0 Å². The number of methoxy groups -OCH3 is 1. The maximum absolute atomic E-state index is 12.0. The second-order valence-electron chi connectivity index (χ2n) is 4.68. The Morgan fingerprint density at radius 2 is 1.52 bits per heavy atom. The molecule has 0 fully saturated rings. The van der Waals surface area contributed by atoms with E-state index in [0.29, 0.717) is 5.56 Å². The second-order valence-corrected chi connectivity index (χ2v) is 5.53. The fourth-order valence-electron chi connectivity index (χ4n) is 2.50. The predicted octanol–water partition coefficient (Wildman–Crippen LogP) is 5.06. The third kappa shape index (κ3) is 2.45. The Labute approximate surface area is 131 Å². The van der Waals surface area contributed by atoms with Crippen LogP contribution in [0.5, 0.6) is 0 Å². The molecule has 0 atom stereocenters. The number of fused-ring (bicyclic) bond motifs is 1. The Balaban J connectivity index is 2.32. The van der Waals surface area contributed by atoms with Crippen LogP contribution in [0.3, 0.4) is 0 Å². The number of rotatable bonds is 2. The average molecular weight is 341 g/mol. The van der Waals surface area contributed by atoms with Crippen LogP contribution in [0.25, 0.3) is 21.9 Å². The number of carbonyl (C=O) groups excluding carboxylic acids is 1. The van der Waals surface area contributed by atoms with Crippen molar-refractivity contribution in [2.45, 2.75) is 0 Å². The van der Waals surface area contributed by atoms with Crippen LogP contribution in [0.1, 0.15) is 10.4 Å². The molecule has 0 aromatic heterocycles. The molecule has 0 aliphatic heterocycles. The molecule has 0 heterocycles. The zero-order valence-electron chi connectivity index (χ0n) is 11.5. The lowest BCUT2D eigenvalue weighted by Crippen LogP contribution is -2.03. The lowest BCUT2D eigenvalue weighted by Gasteiger charge is -2.12. The minimum atomic E-state index is -0.322. The quantitative estimate of drug-likeness (QED) is 0.609. The maximum atomic E-state index is 12.0. The van der Waals surface area contributed by atoms with Crippen molar-refractivity contribution >= 4 is 32.7 Å². The Kier molecular flexibility index (Phi) is 3.76. The number of benzene rings is 3. The number of hydrogen-bond donors (Lipinski definition) is 0. The van der Waals surface area contributed by atoms with E-state index >= 15 is 0 Å². The molecule has 0 saturated heterocycles. The van der Waals surface area contributed by atoms with Gasteiger partial charge in [0.05, 0.1) is 12.7 Å². The lowest BCUT2D eigenvalue weighted by atomic mass is 9.95. The van der Waals surface area contributed by atoms with E-state index in [2.05, 4.69) is 28.1 Å². The summed E-state index contributed by atoms with van der Waals surface area (Å²) in [5.41, 5.74) is 2.48. The minimum absolute atomic E-state index is 0.322. The number of carbonyl (C=O) groups is 1. The van der Waals surface area contributed by atoms with E-state index in [1.807, 2.05) is 42.5 Å². The molecule has 3 aromatic carbocycles. The molecule has 3 aromatic rings. The highest BCUT2D eigenvalue weighted by molar-refractivity contribution is 9.10. The van der Waals surface area contributed by atoms with Gasteiger partial charge < -0.3 is 4.74 Å². The van der Waals surface area contributed by atoms with Gasteiger partial charge in [-0.2, -0.15) is 0 Å². The van der Waals surface area contributed by atoms with E-state index in [1.165, 1.54) is 7.11 Å². The van der Waals surface area contributed by atoms with Crippen molar-refractivity contribution in [2.75, 3.05) is 7.11 Å². The van der Waals surface area contributed by atoms with Gasteiger partial charge in [0, 0.05) is 4.47 Å². The molecule has 0 unspecified atom stereocenters. The molecule has 0 bridgehead atoms. The van der Waals surface area contributed by atoms with Gasteiger partial charge >= 0.3 is 5.97 Å². The molecular formula is C18H13BrO2. The molecular weight excluding hydrogens is 328 g/mol. The SMILES string of the molecule is COC(=O)c1ccccc1-c1ccc(Br)c2ccccc12. The van der Waals surface area contributed by atoms with Crippen molar-refractivity contribution in [3.05, 3.63) is 70.7 Å². The van der Waals surface area contributed by atoms with Gasteiger partial charge in [-0.1, -0.05) is 64.5 Å². The van der Waals surface area contributed by atoms with Gasteiger partial charge in [-0.15, -0.1) is 0 Å². The van der Waals surface area contributed by atoms with Crippen LogP contribution in [-0.4, -0.2) is 13.1 Å². The summed E-state index contributed by atoms with van der Waals surface area (Å²) in [5, 5.41) is 2.22. The summed E-state index contributed by atoms with van der Waals surface area (Å²) in [7, 11) is 1.40. The van der Waals surface area contributed by atoms with Gasteiger partial charge in [-0.25, -0.2) is 4.79 Å². The van der Waals surface area contributed by atoms with Crippen molar-refractivity contribution in [1.82, 2.24) is 0 Å². The summed E-state index contributed by atoms with van der Waals surface area (Å²) >= 11 is 3.57. The molecule has 0 radical (unpaired) electrons. The fourth-order valence-corrected chi connectivity index (χ4v) is 2.98. The second kappa shape index (κ2) is 5.70. The largest absolute Gasteiger partial charge is 0.465 e. The molecule has 0 aliphatic rings. The van der Waals surface area contributed by atoms with E-state index < -0.39 is 0 Å². The standard InChI is InChI=1S/C18H13BrO2/c1-21-18(20)16-9-5-3-7-13(16)14-10-11-17(19)15-8-4-2-6-12(14)15/h2-11H,1H3. The molecule has 3 heteroatoms. The summed E-state index contributed by atoms with van der Waals surface area (Å²) in [6.07, 6.45) is 0. The third-order valence-electron chi connectivity index (χ3n) is 3.49. The van der Waals surface area contributed by atoms with Crippen LogP contribution in [0.4, 0.5) is 0 Å². The van der Waals surface area contributed by atoms with Gasteiger partial charge in [0.2, 0.25) is 0 Å². The van der Waals surface area contributed by atoms with Crippen molar-refractivity contribution in [1.29, 1.82) is 0 Å². The number of ether oxygens (including phenoxy) is 1. The normalized spacial score (nSPS) is 10.6. The number of hydrogen-bond acceptors (Lipinski definition) is 2. The highest BCUT2D eigenvalue weighted by Crippen LogP contribution is 2.34. The molecule has 0 saturated carbocycles. The first-order chi connectivity index (χ1) is 10.2. The van der Waals surface area contributed by atoms with Crippen LogP contribution in [-0.2, 0) is 4.74 Å². The first kappa shape index (κ1) is 13.8. The molecule has 21 heavy (non-hydrogen) atoms. The summed E-state index contributed by atoms with van der Waals surface area (Å²) in [6, 6.07) is 19.7. The monoisotopic (exact) mass is 340 g/mol. The average Bonchev–Trinajstić information content (AvgIpc) is 2.55. The Bertz CT molecular complexity index is 824. The number of esters is 1. The topological polar surface area (TPSA) is 26.3 Å². The zero-order valence-corrected chi connectivity index (χ0v) is 13.1. The number of halogens is 1. The van der Waals surface area contributed by atoms with Crippen molar-refractivity contribution in [3.8, 4) is 11.1 Å². The summed E-state index contributed by atoms with van der Waals surface area (Å²) in [4.78, 5) is 12.0. The lowest BCUT2D eigenvalue weighted by molar-refractivity contribution is 0.0601. The maximum Gasteiger partial charge on any atom is 0.338 e. The first-order valence-electron chi connectivity index (χ1n) is 6.57. The van der Waals surface area contributed by atoms with E-state index in [-0.39, 0.29) is 5.97 Å². The van der Waals surface area contributed by atoms with Crippen molar-refractivity contribution in [3.63, 3.8) is 0 Å². The highest BCUT2D eigenvalue weighted by Gasteiger charge is 2.14. The minimum Gasteiger partial charge on any atom is -0.465 e. The first-order valence-corrected chi connectivity index (χ1v) is 7.36. The Morgan fingerprint density at radius 3 is 2.29 bits per heavy atom. The molecule has 2 nitrogen and oxygen atoms in total. The molecule has 0 spiro atoms. The van der Waals surface area contributed by atoms with Crippen LogP contribution in [0.15, 0.2) is 65.1 Å². The molecule has 0 amide bonds.